The molecule has 0 amide bonds. The number of nitrogens with zero attached hydrogens (tertiary/aromatic N) is 1. The number of likely N-dealkylation sites (tertiary alicyclic amines) is 1. The van der Waals surface area contributed by atoms with Crippen LogP contribution in [-0.4, -0.2) is 34.0 Å². The summed E-state index contributed by atoms with van der Waals surface area (Å²) < 4.78 is 0. The average molecular weight is 338 g/mol. The molecule has 1 aromatic carbocycles. The van der Waals surface area contributed by atoms with Gasteiger partial charge in [-0.25, -0.2) is 0 Å². The van der Waals surface area contributed by atoms with E-state index >= 15 is 0 Å². The lowest BCUT2D eigenvalue weighted by Crippen LogP contribution is -2.40. The molecule has 2 aliphatic rings. The molecule has 0 bridgehead atoms. The summed E-state index contributed by atoms with van der Waals surface area (Å²) in [6, 6.07) is 11.3. The van der Waals surface area contributed by atoms with Gasteiger partial charge in [0.1, 0.15) is 0 Å². The van der Waals surface area contributed by atoms with E-state index in [0.29, 0.717) is 6.04 Å². The van der Waals surface area contributed by atoms with Gasteiger partial charge < -0.3 is 5.11 Å². The quantitative estimate of drug-likeness (QED) is 0.852. The fourth-order valence-corrected chi connectivity index (χ4v) is 4.70. The van der Waals surface area contributed by atoms with Crippen molar-refractivity contribution in [2.24, 2.45) is 5.41 Å². The Kier molecular flexibility index (Phi) is 4.49. The van der Waals surface area contributed by atoms with Crippen LogP contribution in [0.3, 0.4) is 0 Å². The van der Waals surface area contributed by atoms with E-state index in [4.69, 9.17) is 0 Å². The Morgan fingerprint density at radius 2 is 2.05 bits per heavy atom. The summed E-state index contributed by atoms with van der Waals surface area (Å²) in [5, 5.41) is 11.5. The van der Waals surface area contributed by atoms with Crippen LogP contribution in [0.5, 0.6) is 0 Å². The van der Waals surface area contributed by atoms with Crippen molar-refractivity contribution >= 4 is 15.9 Å². The smallest absolute Gasteiger partial charge is 0.0609 e. The summed E-state index contributed by atoms with van der Waals surface area (Å²) in [4.78, 5) is 2.57. The van der Waals surface area contributed by atoms with Crippen molar-refractivity contribution in [3.63, 3.8) is 0 Å². The number of aliphatic hydroxyl groups is 1. The fraction of sp³-hybridized carbons (Fsp3) is 0.647. The first-order valence-electron chi connectivity index (χ1n) is 7.75. The zero-order valence-electron chi connectivity index (χ0n) is 12.0. The number of halogens is 1. The molecular formula is C17H24BrNO. The lowest BCUT2D eigenvalue weighted by Gasteiger charge is -2.38. The molecule has 1 spiro atoms. The number of alkyl halides is 1. The Bertz CT molecular complexity index is 438. The van der Waals surface area contributed by atoms with Gasteiger partial charge in [0.05, 0.1) is 6.10 Å². The van der Waals surface area contributed by atoms with Crippen LogP contribution in [0.15, 0.2) is 30.3 Å². The molecule has 0 radical (unpaired) electrons. The molecule has 110 valence electrons. The minimum absolute atomic E-state index is 0.0985. The molecule has 3 rings (SSSR count). The van der Waals surface area contributed by atoms with E-state index in [-0.39, 0.29) is 11.5 Å². The van der Waals surface area contributed by atoms with Crippen molar-refractivity contribution in [3.8, 4) is 0 Å². The van der Waals surface area contributed by atoms with Gasteiger partial charge in [0.25, 0.3) is 0 Å². The molecule has 1 saturated heterocycles. The van der Waals surface area contributed by atoms with Crippen molar-refractivity contribution in [2.75, 3.05) is 11.9 Å². The van der Waals surface area contributed by atoms with Crippen molar-refractivity contribution in [2.45, 2.75) is 50.8 Å². The highest BCUT2D eigenvalue weighted by atomic mass is 79.9. The van der Waals surface area contributed by atoms with Crippen molar-refractivity contribution in [3.05, 3.63) is 35.9 Å². The summed E-state index contributed by atoms with van der Waals surface area (Å²) in [6.45, 7) is 2.06. The lowest BCUT2D eigenvalue weighted by atomic mass is 9.70. The van der Waals surface area contributed by atoms with E-state index < -0.39 is 0 Å². The molecule has 3 atom stereocenters. The zero-order valence-corrected chi connectivity index (χ0v) is 13.6. The first-order chi connectivity index (χ1) is 9.73. The second-order valence-electron chi connectivity index (χ2n) is 6.53. The van der Waals surface area contributed by atoms with E-state index in [9.17, 15) is 5.11 Å². The second-order valence-corrected chi connectivity index (χ2v) is 7.17. The largest absolute Gasteiger partial charge is 0.392 e. The number of aliphatic hydroxyl groups excluding tert-OH is 1. The maximum absolute atomic E-state index is 10.5. The van der Waals surface area contributed by atoms with Gasteiger partial charge in [-0.1, -0.05) is 59.1 Å². The Morgan fingerprint density at radius 1 is 1.25 bits per heavy atom. The van der Waals surface area contributed by atoms with Crippen LogP contribution >= 0.6 is 15.9 Å². The minimum atomic E-state index is -0.0985. The fourth-order valence-electron chi connectivity index (χ4n) is 4.06. The topological polar surface area (TPSA) is 23.5 Å². The Hall–Kier alpha value is -0.380. The van der Waals surface area contributed by atoms with Gasteiger partial charge in [-0.05, 0) is 24.8 Å². The number of hydrogen-bond acceptors (Lipinski definition) is 2. The molecule has 1 N–H and O–H groups in total. The molecular weight excluding hydrogens is 314 g/mol. The zero-order chi connectivity index (χ0) is 14.0. The lowest BCUT2D eigenvalue weighted by molar-refractivity contribution is -0.00573. The number of hydrogen-bond donors (Lipinski definition) is 1. The molecule has 1 saturated carbocycles. The highest BCUT2D eigenvalue weighted by Gasteiger charge is 2.48. The van der Waals surface area contributed by atoms with E-state index in [1.54, 1.807) is 0 Å². The summed E-state index contributed by atoms with van der Waals surface area (Å²) in [6.07, 6.45) is 5.72. The molecule has 2 nitrogen and oxygen atoms in total. The predicted octanol–water partition coefficient (Wildman–Crippen LogP) is 3.58. The van der Waals surface area contributed by atoms with Gasteiger partial charge in [0.2, 0.25) is 0 Å². The molecule has 1 aliphatic carbocycles. The monoisotopic (exact) mass is 337 g/mol. The van der Waals surface area contributed by atoms with Gasteiger partial charge in [0.15, 0.2) is 0 Å². The first-order valence-corrected chi connectivity index (χ1v) is 8.88. The van der Waals surface area contributed by atoms with Gasteiger partial charge in [-0.2, -0.15) is 0 Å². The standard InChI is InChI=1S/C17H24BrNO/c18-11-15-10-17(9-5-4-8-16(17)20)13-19(15)12-14-6-2-1-3-7-14/h1-3,6-7,15-16,20H,4-5,8-13H2/t15?,16-,17+/m0/s1. The molecule has 1 unspecified atom stereocenters. The molecule has 1 aromatic rings. The first kappa shape index (κ1) is 14.6. The molecule has 20 heavy (non-hydrogen) atoms. The highest BCUT2D eigenvalue weighted by Crippen LogP contribution is 2.47. The molecule has 1 aliphatic heterocycles. The van der Waals surface area contributed by atoms with Crippen LogP contribution in [0.25, 0.3) is 0 Å². The number of benzene rings is 1. The third kappa shape index (κ3) is 2.81. The van der Waals surface area contributed by atoms with Gasteiger partial charge in [-0.15, -0.1) is 0 Å². The SMILES string of the molecule is O[C@H]1CCCC[C@]12CC(CBr)N(Cc1ccccc1)C2. The van der Waals surface area contributed by atoms with Gasteiger partial charge in [0, 0.05) is 29.9 Å². The highest BCUT2D eigenvalue weighted by molar-refractivity contribution is 9.09. The molecule has 3 heteroatoms. The Balaban J connectivity index is 1.74. The van der Waals surface area contributed by atoms with Gasteiger partial charge >= 0.3 is 0 Å². The average Bonchev–Trinajstić information content (AvgIpc) is 2.82. The van der Waals surface area contributed by atoms with E-state index in [2.05, 4.69) is 51.2 Å². The van der Waals surface area contributed by atoms with Crippen LogP contribution in [0, 0.1) is 5.41 Å². The molecule has 2 fully saturated rings. The molecule has 0 aromatic heterocycles. The van der Waals surface area contributed by atoms with Gasteiger partial charge in [-0.3, -0.25) is 4.90 Å². The second kappa shape index (κ2) is 6.17. The Labute approximate surface area is 130 Å². The summed E-state index contributed by atoms with van der Waals surface area (Å²) in [5.41, 5.74) is 1.53. The minimum Gasteiger partial charge on any atom is -0.392 e. The van der Waals surface area contributed by atoms with Crippen molar-refractivity contribution in [1.29, 1.82) is 0 Å². The maximum Gasteiger partial charge on any atom is 0.0609 e. The predicted molar refractivity (Wildman–Crippen MR) is 86.0 cm³/mol. The van der Waals surface area contributed by atoms with Crippen LogP contribution in [0.4, 0.5) is 0 Å². The van der Waals surface area contributed by atoms with Crippen LogP contribution in [0.1, 0.15) is 37.7 Å². The number of rotatable bonds is 3. The van der Waals surface area contributed by atoms with Crippen LogP contribution in [-0.2, 0) is 6.54 Å². The van der Waals surface area contributed by atoms with Crippen LogP contribution in [0.2, 0.25) is 0 Å². The summed E-state index contributed by atoms with van der Waals surface area (Å²) in [5.74, 6) is 0. The van der Waals surface area contributed by atoms with E-state index in [1.165, 1.54) is 24.8 Å². The van der Waals surface area contributed by atoms with Crippen molar-refractivity contribution < 1.29 is 5.11 Å². The maximum atomic E-state index is 10.5. The summed E-state index contributed by atoms with van der Waals surface area (Å²) in [7, 11) is 0. The third-order valence-corrected chi connectivity index (χ3v) is 5.94. The van der Waals surface area contributed by atoms with E-state index in [0.717, 1.165) is 31.3 Å². The normalized spacial score (nSPS) is 34.7. The molecule has 1 heterocycles. The van der Waals surface area contributed by atoms with Crippen molar-refractivity contribution in [1.82, 2.24) is 4.90 Å². The van der Waals surface area contributed by atoms with E-state index in [1.807, 2.05) is 0 Å². The Morgan fingerprint density at radius 3 is 2.75 bits per heavy atom. The third-order valence-electron chi connectivity index (χ3n) is 5.19. The summed E-state index contributed by atoms with van der Waals surface area (Å²) >= 11 is 3.68. The van der Waals surface area contributed by atoms with Crippen LogP contribution < -0.4 is 0 Å².